The number of allylic oxidation sites excluding steroid dienone is 2. The van der Waals surface area contributed by atoms with Gasteiger partial charge in [0.2, 0.25) is 11.8 Å². The Bertz CT molecular complexity index is 967. The van der Waals surface area contributed by atoms with Crippen LogP contribution in [0.1, 0.15) is 67.2 Å². The summed E-state index contributed by atoms with van der Waals surface area (Å²) in [5.41, 5.74) is 2.22. The van der Waals surface area contributed by atoms with Crippen LogP contribution in [-0.2, 0) is 33.3 Å². The maximum atomic E-state index is 12.4. The lowest BCUT2D eigenvalue weighted by atomic mass is 9.84. The van der Waals surface area contributed by atoms with Gasteiger partial charge in [0.1, 0.15) is 18.3 Å². The molecule has 226 valence electrons. The molecule has 0 aliphatic carbocycles. The summed E-state index contributed by atoms with van der Waals surface area (Å²) in [6, 6.07) is -0.133. The van der Waals surface area contributed by atoms with Crippen LogP contribution in [0.4, 0.5) is 0 Å². The Morgan fingerprint density at radius 1 is 1.20 bits per heavy atom. The number of carbonyl (C=O) groups excluding carboxylic acids is 3. The average molecular weight is 566 g/mol. The molecule has 0 aromatic heterocycles. The number of carbonyl (C=O) groups is 3. The zero-order chi connectivity index (χ0) is 30.0. The van der Waals surface area contributed by atoms with E-state index in [1.165, 1.54) is 20.1 Å². The summed E-state index contributed by atoms with van der Waals surface area (Å²) in [7, 11) is 1.53. The summed E-state index contributed by atoms with van der Waals surface area (Å²) in [5.74, 6) is 4.43. The fourth-order valence-corrected chi connectivity index (χ4v) is 5.09. The summed E-state index contributed by atoms with van der Waals surface area (Å²) in [5, 5.41) is 13.9. The van der Waals surface area contributed by atoms with E-state index in [-0.39, 0.29) is 42.4 Å². The highest BCUT2D eigenvalue weighted by Crippen LogP contribution is 2.34. The lowest BCUT2D eigenvalue weighted by Crippen LogP contribution is -2.56. The van der Waals surface area contributed by atoms with Crippen molar-refractivity contribution >= 4 is 17.8 Å². The number of nitrogens with two attached hydrogens (primary N) is 1. The number of methoxy groups -OCH3 is 1. The molecule has 2 fully saturated rings. The van der Waals surface area contributed by atoms with Gasteiger partial charge in [0.25, 0.3) is 0 Å². The molecular weight excluding hydrogens is 518 g/mol. The molecule has 0 radical (unpaired) electrons. The number of nitrogens with one attached hydrogen (secondary N) is 2. The molecule has 9 atom stereocenters. The van der Waals surface area contributed by atoms with Crippen molar-refractivity contribution in [1.29, 1.82) is 0 Å². The summed E-state index contributed by atoms with van der Waals surface area (Å²) in [6.07, 6.45) is 7.88. The van der Waals surface area contributed by atoms with Crippen LogP contribution < -0.4 is 16.6 Å². The minimum atomic E-state index is -0.909. The molecule has 11 heteroatoms. The predicted octanol–water partition coefficient (Wildman–Crippen LogP) is 1.99. The number of aliphatic hydroxyl groups is 1. The molecule has 2 aliphatic rings. The number of amides is 2. The molecule has 0 spiro atoms. The largest absolute Gasteiger partial charge is 0.459 e. The number of hydrazine groups is 1. The lowest BCUT2D eigenvalue weighted by Gasteiger charge is -2.44. The smallest absolute Gasteiger partial charge is 0.303 e. The van der Waals surface area contributed by atoms with Crippen molar-refractivity contribution in [2.24, 2.45) is 11.8 Å². The number of aliphatic hydroxyl groups excluding tert-OH is 1. The summed E-state index contributed by atoms with van der Waals surface area (Å²) in [4.78, 5) is 35.1. The van der Waals surface area contributed by atoms with Gasteiger partial charge in [-0.05, 0) is 52.5 Å². The van der Waals surface area contributed by atoms with Gasteiger partial charge >= 0.3 is 5.97 Å². The standard InChI is InChI=1S/C29H47N3O8/c1-17(9-12-25-28(36)29(6,37-7)16-22(40-25)15-27(35)32-30)8-11-24-18(2)14-23(20(4)39-24)31-26(34)13-10-19(3)38-21(5)33/h8-10,12-13,18-20,22-25,28,36H,11,14-16,30H2,1-7H3,(H,31,34)(H,32,35)/b12-9+,13-10-,17-8+/t18?,19?,20?,22-,23?,24?,25-,28-,29?/m1/s1. The van der Waals surface area contributed by atoms with Crippen LogP contribution in [0, 0.1) is 5.92 Å². The molecule has 0 saturated carbocycles. The maximum absolute atomic E-state index is 12.4. The van der Waals surface area contributed by atoms with E-state index in [9.17, 15) is 19.5 Å². The zero-order valence-corrected chi connectivity index (χ0v) is 24.7. The Kier molecular flexibility index (Phi) is 13.0. The Hall–Kier alpha value is -2.57. The van der Waals surface area contributed by atoms with E-state index >= 15 is 0 Å². The van der Waals surface area contributed by atoms with Gasteiger partial charge in [0.15, 0.2) is 0 Å². The van der Waals surface area contributed by atoms with Crippen molar-refractivity contribution in [1.82, 2.24) is 10.7 Å². The Labute approximate surface area is 237 Å². The zero-order valence-electron chi connectivity index (χ0n) is 24.7. The number of rotatable bonds is 11. The molecule has 2 heterocycles. The van der Waals surface area contributed by atoms with E-state index in [1.807, 2.05) is 19.9 Å². The first-order chi connectivity index (χ1) is 18.8. The first kappa shape index (κ1) is 33.6. The van der Waals surface area contributed by atoms with Gasteiger partial charge in [-0.3, -0.25) is 19.8 Å². The van der Waals surface area contributed by atoms with Crippen molar-refractivity contribution in [2.45, 2.75) is 115 Å². The van der Waals surface area contributed by atoms with Gasteiger partial charge in [-0.1, -0.05) is 30.7 Å². The second kappa shape index (κ2) is 15.4. The number of esters is 1. The first-order valence-electron chi connectivity index (χ1n) is 13.8. The molecule has 0 bridgehead atoms. The summed E-state index contributed by atoms with van der Waals surface area (Å²) < 4.78 is 22.8. The SMILES string of the molecule is COC1(C)C[C@@H](CC(=O)NN)O[C@H](/C=C/C(C)=C/CC2OC(C)C(NC(=O)/C=C\C(C)OC(C)=O)CC2C)[C@H]1O. The van der Waals surface area contributed by atoms with E-state index in [0.717, 1.165) is 12.0 Å². The third-order valence-corrected chi connectivity index (χ3v) is 7.60. The van der Waals surface area contributed by atoms with Crippen molar-refractivity contribution in [3.63, 3.8) is 0 Å². The topological polar surface area (TPSA) is 158 Å². The van der Waals surface area contributed by atoms with Crippen LogP contribution in [0.15, 0.2) is 36.0 Å². The van der Waals surface area contributed by atoms with E-state index < -0.39 is 36.0 Å². The van der Waals surface area contributed by atoms with Crippen LogP contribution in [0.25, 0.3) is 0 Å². The summed E-state index contributed by atoms with van der Waals surface area (Å²) >= 11 is 0. The van der Waals surface area contributed by atoms with Gasteiger partial charge < -0.3 is 29.4 Å². The highest BCUT2D eigenvalue weighted by Gasteiger charge is 2.46. The molecule has 2 saturated heterocycles. The minimum absolute atomic E-state index is 0.0153. The Balaban J connectivity index is 1.94. The van der Waals surface area contributed by atoms with E-state index in [0.29, 0.717) is 12.8 Å². The molecule has 2 rings (SSSR count). The number of hydrogen-bond donors (Lipinski definition) is 4. The third kappa shape index (κ3) is 10.1. The first-order valence-corrected chi connectivity index (χ1v) is 13.8. The molecular formula is C29H47N3O8. The van der Waals surface area contributed by atoms with Crippen molar-refractivity contribution in [3.05, 3.63) is 36.0 Å². The van der Waals surface area contributed by atoms with Crippen molar-refractivity contribution < 1.29 is 38.4 Å². The second-order valence-corrected chi connectivity index (χ2v) is 11.1. The number of hydrogen-bond acceptors (Lipinski definition) is 9. The molecule has 40 heavy (non-hydrogen) atoms. The van der Waals surface area contributed by atoms with E-state index in [1.54, 1.807) is 26.0 Å². The normalized spacial score (nSPS) is 34.0. The van der Waals surface area contributed by atoms with E-state index in [2.05, 4.69) is 23.7 Å². The van der Waals surface area contributed by atoms with Gasteiger partial charge in [0.05, 0.1) is 36.4 Å². The quantitative estimate of drug-likeness (QED) is 0.0734. The van der Waals surface area contributed by atoms with Crippen LogP contribution in [0.3, 0.4) is 0 Å². The molecule has 2 amide bonds. The monoisotopic (exact) mass is 565 g/mol. The minimum Gasteiger partial charge on any atom is -0.459 e. The van der Waals surface area contributed by atoms with Crippen molar-refractivity contribution in [3.8, 4) is 0 Å². The van der Waals surface area contributed by atoms with Crippen LogP contribution in [-0.4, -0.2) is 78.3 Å². The highest BCUT2D eigenvalue weighted by molar-refractivity contribution is 5.87. The second-order valence-electron chi connectivity index (χ2n) is 11.1. The fourth-order valence-electron chi connectivity index (χ4n) is 5.09. The molecule has 2 aliphatic heterocycles. The van der Waals surface area contributed by atoms with Gasteiger partial charge in [-0.25, -0.2) is 5.84 Å². The summed E-state index contributed by atoms with van der Waals surface area (Å²) in [6.45, 7) is 10.8. The van der Waals surface area contributed by atoms with Crippen LogP contribution >= 0.6 is 0 Å². The van der Waals surface area contributed by atoms with Gasteiger partial charge in [-0.15, -0.1) is 0 Å². The maximum Gasteiger partial charge on any atom is 0.303 e. The number of ether oxygens (including phenoxy) is 4. The van der Waals surface area contributed by atoms with E-state index in [4.69, 9.17) is 24.8 Å². The van der Waals surface area contributed by atoms with Crippen molar-refractivity contribution in [2.75, 3.05) is 7.11 Å². The molecule has 0 aromatic rings. The molecule has 11 nitrogen and oxygen atoms in total. The molecule has 6 unspecified atom stereocenters. The average Bonchev–Trinajstić information content (AvgIpc) is 2.89. The Morgan fingerprint density at radius 3 is 2.52 bits per heavy atom. The Morgan fingerprint density at radius 2 is 1.90 bits per heavy atom. The van der Waals surface area contributed by atoms with Crippen LogP contribution in [0.2, 0.25) is 0 Å². The van der Waals surface area contributed by atoms with Crippen LogP contribution in [0.5, 0.6) is 0 Å². The highest BCUT2D eigenvalue weighted by atomic mass is 16.5. The molecule has 5 N–H and O–H groups in total. The van der Waals surface area contributed by atoms with Gasteiger partial charge in [0, 0.05) is 26.5 Å². The predicted molar refractivity (Wildman–Crippen MR) is 150 cm³/mol. The fraction of sp³-hybridized carbons (Fsp3) is 0.690. The van der Waals surface area contributed by atoms with Gasteiger partial charge in [-0.2, -0.15) is 0 Å². The third-order valence-electron chi connectivity index (χ3n) is 7.60. The lowest BCUT2D eigenvalue weighted by molar-refractivity contribution is -0.207. The molecule has 0 aromatic carbocycles.